The molecule has 1 saturated heterocycles. The van der Waals surface area contributed by atoms with E-state index in [0.29, 0.717) is 0 Å². The van der Waals surface area contributed by atoms with E-state index in [9.17, 15) is 0 Å². The molecule has 2 rings (SSSR count). The van der Waals surface area contributed by atoms with E-state index in [-0.39, 0.29) is 0 Å². The van der Waals surface area contributed by atoms with Crippen molar-refractivity contribution in [2.24, 2.45) is 0 Å². The Morgan fingerprint density at radius 3 is 2.48 bits per heavy atom. The first-order chi connectivity index (χ1) is 10.3. The Kier molecular flexibility index (Phi) is 5.77. The summed E-state index contributed by atoms with van der Waals surface area (Å²) in [6.07, 6.45) is 8.16. The molecule has 0 unspecified atom stereocenters. The molecule has 4 heteroatoms. The fourth-order valence-electron chi connectivity index (χ4n) is 2.43. The third-order valence-electron chi connectivity index (χ3n) is 3.55. The summed E-state index contributed by atoms with van der Waals surface area (Å²) < 4.78 is 5.22. The zero-order valence-corrected chi connectivity index (χ0v) is 13.3. The SMILES string of the molecule is COc1ccc(/C(=C\C(=C\C#N)SC)N2CCCC2)cc1. The summed E-state index contributed by atoms with van der Waals surface area (Å²) in [7, 11) is 1.67. The van der Waals surface area contributed by atoms with Gasteiger partial charge in [-0.3, -0.25) is 0 Å². The van der Waals surface area contributed by atoms with Crippen LogP contribution in [0.3, 0.4) is 0 Å². The molecule has 1 fully saturated rings. The second-order valence-electron chi connectivity index (χ2n) is 4.83. The van der Waals surface area contributed by atoms with Crippen LogP contribution in [0.1, 0.15) is 18.4 Å². The minimum Gasteiger partial charge on any atom is -0.497 e. The first kappa shape index (κ1) is 15.5. The number of allylic oxidation sites excluding steroid dienone is 2. The molecule has 1 aromatic rings. The Bertz CT molecular complexity index is 563. The van der Waals surface area contributed by atoms with E-state index in [1.807, 2.05) is 18.4 Å². The Morgan fingerprint density at radius 1 is 1.29 bits per heavy atom. The van der Waals surface area contributed by atoms with Gasteiger partial charge in [0, 0.05) is 29.8 Å². The molecule has 0 radical (unpaired) electrons. The van der Waals surface area contributed by atoms with Crippen molar-refractivity contribution in [2.75, 3.05) is 26.5 Å². The van der Waals surface area contributed by atoms with E-state index in [4.69, 9.17) is 10.00 Å². The highest BCUT2D eigenvalue weighted by Gasteiger charge is 2.16. The number of rotatable bonds is 5. The van der Waals surface area contributed by atoms with Gasteiger partial charge in [-0.05, 0) is 55.0 Å². The highest BCUT2D eigenvalue weighted by molar-refractivity contribution is 8.02. The van der Waals surface area contributed by atoms with Crippen LogP contribution in [0.25, 0.3) is 5.70 Å². The quantitative estimate of drug-likeness (QED) is 0.610. The molecule has 0 aromatic heterocycles. The van der Waals surface area contributed by atoms with Crippen molar-refractivity contribution in [3.05, 3.63) is 46.9 Å². The normalized spacial score (nSPS) is 16.0. The summed E-state index contributed by atoms with van der Waals surface area (Å²) >= 11 is 1.59. The molecule has 0 bridgehead atoms. The summed E-state index contributed by atoms with van der Waals surface area (Å²) in [6, 6.07) is 10.2. The lowest BCUT2D eigenvalue weighted by atomic mass is 10.1. The van der Waals surface area contributed by atoms with Gasteiger partial charge < -0.3 is 9.64 Å². The summed E-state index contributed by atoms with van der Waals surface area (Å²) in [4.78, 5) is 3.37. The monoisotopic (exact) mass is 300 g/mol. The zero-order valence-electron chi connectivity index (χ0n) is 12.5. The molecule has 0 atom stereocenters. The number of hydrogen-bond acceptors (Lipinski definition) is 4. The topological polar surface area (TPSA) is 36.3 Å². The van der Waals surface area contributed by atoms with Gasteiger partial charge in [0.05, 0.1) is 13.2 Å². The fourth-order valence-corrected chi connectivity index (χ4v) is 2.83. The van der Waals surface area contributed by atoms with Crippen LogP contribution in [0.4, 0.5) is 0 Å². The van der Waals surface area contributed by atoms with Gasteiger partial charge in [-0.15, -0.1) is 11.8 Å². The zero-order chi connectivity index (χ0) is 15.1. The van der Waals surface area contributed by atoms with Crippen LogP contribution in [-0.2, 0) is 0 Å². The molecule has 3 nitrogen and oxygen atoms in total. The number of nitriles is 1. The van der Waals surface area contributed by atoms with Crippen molar-refractivity contribution in [3.8, 4) is 11.8 Å². The first-order valence-corrected chi connectivity index (χ1v) is 8.26. The number of ether oxygens (including phenoxy) is 1. The smallest absolute Gasteiger partial charge is 0.118 e. The molecule has 0 aliphatic carbocycles. The molecule has 1 heterocycles. The van der Waals surface area contributed by atoms with E-state index >= 15 is 0 Å². The van der Waals surface area contributed by atoms with Crippen molar-refractivity contribution < 1.29 is 4.74 Å². The third-order valence-corrected chi connectivity index (χ3v) is 4.26. The van der Waals surface area contributed by atoms with Gasteiger partial charge in [0.15, 0.2) is 0 Å². The Labute approximate surface area is 130 Å². The molecule has 1 aliphatic heterocycles. The van der Waals surface area contributed by atoms with Crippen LogP contribution < -0.4 is 4.74 Å². The van der Waals surface area contributed by atoms with Crippen LogP contribution >= 0.6 is 11.8 Å². The predicted octanol–water partition coefficient (Wildman–Crippen LogP) is 3.90. The van der Waals surface area contributed by atoms with Gasteiger partial charge in [0.1, 0.15) is 5.75 Å². The molecular formula is C17H20N2OS. The van der Waals surface area contributed by atoms with Crippen LogP contribution in [0.15, 0.2) is 41.3 Å². The molecule has 1 aromatic carbocycles. The van der Waals surface area contributed by atoms with E-state index in [1.54, 1.807) is 24.9 Å². The largest absolute Gasteiger partial charge is 0.497 e. The first-order valence-electron chi connectivity index (χ1n) is 7.03. The van der Waals surface area contributed by atoms with Crippen molar-refractivity contribution in [1.82, 2.24) is 4.90 Å². The molecule has 1 aliphatic rings. The van der Waals surface area contributed by atoms with E-state index in [0.717, 1.165) is 29.3 Å². The summed E-state index contributed by atoms with van der Waals surface area (Å²) in [5.41, 5.74) is 2.35. The van der Waals surface area contributed by atoms with Crippen LogP contribution in [0.2, 0.25) is 0 Å². The van der Waals surface area contributed by atoms with Crippen LogP contribution in [0, 0.1) is 11.3 Å². The lowest BCUT2D eigenvalue weighted by molar-refractivity contribution is 0.414. The lowest BCUT2D eigenvalue weighted by Gasteiger charge is -2.22. The summed E-state index contributed by atoms with van der Waals surface area (Å²) in [5.74, 6) is 0.858. The van der Waals surface area contributed by atoms with Gasteiger partial charge >= 0.3 is 0 Å². The predicted molar refractivity (Wildman–Crippen MR) is 89.0 cm³/mol. The average molecular weight is 300 g/mol. The highest BCUT2D eigenvalue weighted by atomic mass is 32.2. The minimum atomic E-state index is 0.858. The standard InChI is InChI=1S/C17H20N2OS/c1-20-15-7-5-14(6-8-15)17(19-11-3-4-12-19)13-16(21-2)9-10-18/h5-9,13H,3-4,11-12H2,1-2H3/b16-9-,17-13+. The van der Waals surface area contributed by atoms with Gasteiger partial charge in [-0.25, -0.2) is 0 Å². The second-order valence-corrected chi connectivity index (χ2v) is 5.71. The Balaban J connectivity index is 2.37. The van der Waals surface area contributed by atoms with Crippen LogP contribution in [0.5, 0.6) is 5.75 Å². The Hall–Kier alpha value is -1.86. The average Bonchev–Trinajstić information content (AvgIpc) is 3.05. The second kappa shape index (κ2) is 7.80. The molecule has 0 N–H and O–H groups in total. The summed E-state index contributed by atoms with van der Waals surface area (Å²) in [6.45, 7) is 2.15. The molecular weight excluding hydrogens is 280 g/mol. The highest BCUT2D eigenvalue weighted by Crippen LogP contribution is 2.28. The molecule has 21 heavy (non-hydrogen) atoms. The third kappa shape index (κ3) is 4.05. The number of likely N-dealkylation sites (tertiary alicyclic amines) is 1. The number of nitrogens with zero attached hydrogens (tertiary/aromatic N) is 2. The lowest BCUT2D eigenvalue weighted by Crippen LogP contribution is -2.17. The number of methoxy groups -OCH3 is 1. The van der Waals surface area contributed by atoms with Crippen LogP contribution in [-0.4, -0.2) is 31.4 Å². The number of benzene rings is 1. The number of hydrogen-bond donors (Lipinski definition) is 0. The van der Waals surface area contributed by atoms with Gasteiger partial charge in [-0.1, -0.05) is 0 Å². The molecule has 0 spiro atoms. The van der Waals surface area contributed by atoms with Crippen molar-refractivity contribution in [1.29, 1.82) is 5.26 Å². The van der Waals surface area contributed by atoms with Crippen molar-refractivity contribution in [2.45, 2.75) is 12.8 Å². The van der Waals surface area contributed by atoms with E-state index < -0.39 is 0 Å². The molecule has 110 valence electrons. The van der Waals surface area contributed by atoms with E-state index in [2.05, 4.69) is 29.2 Å². The minimum absolute atomic E-state index is 0.858. The molecule has 0 saturated carbocycles. The summed E-state index contributed by atoms with van der Waals surface area (Å²) in [5, 5.41) is 8.89. The number of thioether (sulfide) groups is 1. The van der Waals surface area contributed by atoms with Gasteiger partial charge in [0.2, 0.25) is 0 Å². The molecule has 0 amide bonds. The maximum Gasteiger partial charge on any atom is 0.118 e. The fraction of sp³-hybridized carbons (Fsp3) is 0.353. The Morgan fingerprint density at radius 2 is 1.95 bits per heavy atom. The van der Waals surface area contributed by atoms with Gasteiger partial charge in [0.25, 0.3) is 0 Å². The van der Waals surface area contributed by atoms with Gasteiger partial charge in [-0.2, -0.15) is 5.26 Å². The maximum absolute atomic E-state index is 8.89. The maximum atomic E-state index is 8.89. The van der Waals surface area contributed by atoms with E-state index in [1.165, 1.54) is 18.5 Å². The van der Waals surface area contributed by atoms with Crippen molar-refractivity contribution >= 4 is 17.5 Å². The van der Waals surface area contributed by atoms with Crippen molar-refractivity contribution in [3.63, 3.8) is 0 Å².